The molecule has 2 aromatic rings. The van der Waals surface area contributed by atoms with Crippen molar-refractivity contribution in [1.29, 1.82) is 0 Å². The molecule has 0 amide bonds. The van der Waals surface area contributed by atoms with Gasteiger partial charge in [-0.2, -0.15) is 0 Å². The van der Waals surface area contributed by atoms with Crippen LogP contribution in [0.5, 0.6) is 0 Å². The largest absolute Gasteiger partial charge is 0.326 e. The molecule has 0 radical (unpaired) electrons. The predicted octanol–water partition coefficient (Wildman–Crippen LogP) is 3.00. The van der Waals surface area contributed by atoms with Crippen molar-refractivity contribution in [3.63, 3.8) is 0 Å². The van der Waals surface area contributed by atoms with Gasteiger partial charge in [0.2, 0.25) is 0 Å². The zero-order valence-corrected chi connectivity index (χ0v) is 9.21. The molecule has 0 aliphatic rings. The van der Waals surface area contributed by atoms with Gasteiger partial charge in [-0.25, -0.2) is 4.39 Å². The fourth-order valence-corrected chi connectivity index (χ4v) is 1.79. The highest BCUT2D eigenvalue weighted by molar-refractivity contribution is 6.33. The van der Waals surface area contributed by atoms with Gasteiger partial charge in [-0.05, 0) is 17.7 Å². The summed E-state index contributed by atoms with van der Waals surface area (Å²) in [5.74, 6) is -0.378. The van der Waals surface area contributed by atoms with Crippen LogP contribution >= 0.6 is 11.6 Å². The van der Waals surface area contributed by atoms with Gasteiger partial charge in [0, 0.05) is 28.9 Å². The van der Waals surface area contributed by atoms with Gasteiger partial charge in [0.15, 0.2) is 0 Å². The monoisotopic (exact) mass is 236 g/mol. The SMILES string of the molecule is NCc1ccc(-c2cncc(F)c2)c(Cl)c1. The van der Waals surface area contributed by atoms with E-state index in [2.05, 4.69) is 4.98 Å². The van der Waals surface area contributed by atoms with Crippen LogP contribution in [0.15, 0.2) is 36.7 Å². The van der Waals surface area contributed by atoms with E-state index in [0.29, 0.717) is 17.1 Å². The molecule has 0 unspecified atom stereocenters. The van der Waals surface area contributed by atoms with E-state index in [4.69, 9.17) is 17.3 Å². The highest BCUT2D eigenvalue weighted by atomic mass is 35.5. The van der Waals surface area contributed by atoms with Crippen LogP contribution < -0.4 is 5.73 Å². The van der Waals surface area contributed by atoms with Crippen molar-refractivity contribution in [3.05, 3.63) is 53.1 Å². The molecule has 2 rings (SSSR count). The summed E-state index contributed by atoms with van der Waals surface area (Å²) in [6, 6.07) is 6.87. The summed E-state index contributed by atoms with van der Waals surface area (Å²) < 4.78 is 13.0. The van der Waals surface area contributed by atoms with Crippen LogP contribution in [0.25, 0.3) is 11.1 Å². The third-order valence-electron chi connectivity index (χ3n) is 2.29. The Bertz CT molecular complexity index is 514. The molecule has 0 atom stereocenters. The van der Waals surface area contributed by atoms with Gasteiger partial charge in [-0.15, -0.1) is 0 Å². The summed E-state index contributed by atoms with van der Waals surface area (Å²) in [6.07, 6.45) is 2.73. The number of rotatable bonds is 2. The zero-order valence-electron chi connectivity index (χ0n) is 8.45. The molecule has 4 heteroatoms. The van der Waals surface area contributed by atoms with E-state index in [-0.39, 0.29) is 5.82 Å². The molecule has 2 N–H and O–H groups in total. The number of hydrogen-bond acceptors (Lipinski definition) is 2. The standard InChI is InChI=1S/C12H10ClFN2/c13-12-3-8(5-15)1-2-11(12)9-4-10(14)7-16-6-9/h1-4,6-7H,5,15H2. The van der Waals surface area contributed by atoms with Crippen molar-refractivity contribution in [2.45, 2.75) is 6.54 Å². The van der Waals surface area contributed by atoms with Gasteiger partial charge in [0.1, 0.15) is 5.82 Å². The second-order valence-electron chi connectivity index (χ2n) is 3.41. The third kappa shape index (κ3) is 2.21. The minimum absolute atomic E-state index is 0.378. The second kappa shape index (κ2) is 4.60. The summed E-state index contributed by atoms with van der Waals surface area (Å²) in [5.41, 5.74) is 7.86. The minimum atomic E-state index is -0.378. The van der Waals surface area contributed by atoms with Crippen LogP contribution in [0.3, 0.4) is 0 Å². The summed E-state index contributed by atoms with van der Waals surface area (Å²) >= 11 is 6.09. The zero-order chi connectivity index (χ0) is 11.5. The summed E-state index contributed by atoms with van der Waals surface area (Å²) in [7, 11) is 0. The average molecular weight is 237 g/mol. The number of hydrogen-bond donors (Lipinski definition) is 1. The van der Waals surface area contributed by atoms with Gasteiger partial charge in [-0.3, -0.25) is 4.98 Å². The Labute approximate surface area is 97.9 Å². The first-order valence-corrected chi connectivity index (χ1v) is 5.18. The Hall–Kier alpha value is -1.45. The highest BCUT2D eigenvalue weighted by Gasteiger charge is 2.05. The van der Waals surface area contributed by atoms with Crippen LogP contribution in [0, 0.1) is 5.82 Å². The van der Waals surface area contributed by atoms with Crippen molar-refractivity contribution in [2.24, 2.45) is 5.73 Å². The Morgan fingerprint density at radius 1 is 1.25 bits per heavy atom. The van der Waals surface area contributed by atoms with Gasteiger partial charge in [-0.1, -0.05) is 23.7 Å². The average Bonchev–Trinajstić information content (AvgIpc) is 2.28. The van der Waals surface area contributed by atoms with Crippen molar-refractivity contribution >= 4 is 11.6 Å². The molecular weight excluding hydrogens is 227 g/mol. The number of pyridine rings is 1. The van der Waals surface area contributed by atoms with Crippen LogP contribution in [-0.2, 0) is 6.54 Å². The first kappa shape index (κ1) is 11.0. The predicted molar refractivity (Wildman–Crippen MR) is 62.5 cm³/mol. The Balaban J connectivity index is 2.48. The van der Waals surface area contributed by atoms with E-state index in [9.17, 15) is 4.39 Å². The van der Waals surface area contributed by atoms with Crippen LogP contribution in [-0.4, -0.2) is 4.98 Å². The first-order valence-electron chi connectivity index (χ1n) is 4.80. The Kier molecular flexibility index (Phi) is 3.17. The maximum atomic E-state index is 13.0. The van der Waals surface area contributed by atoms with Crippen LogP contribution in [0.2, 0.25) is 5.02 Å². The van der Waals surface area contributed by atoms with E-state index >= 15 is 0 Å². The molecule has 0 fully saturated rings. The lowest BCUT2D eigenvalue weighted by atomic mass is 10.1. The highest BCUT2D eigenvalue weighted by Crippen LogP contribution is 2.28. The molecule has 0 bridgehead atoms. The molecular formula is C12H10ClFN2. The lowest BCUT2D eigenvalue weighted by Crippen LogP contribution is -1.96. The normalized spacial score (nSPS) is 10.4. The van der Waals surface area contributed by atoms with Crippen molar-refractivity contribution in [3.8, 4) is 11.1 Å². The summed E-state index contributed by atoms with van der Waals surface area (Å²) in [4.78, 5) is 3.79. The minimum Gasteiger partial charge on any atom is -0.326 e. The van der Waals surface area contributed by atoms with E-state index in [1.807, 2.05) is 12.1 Å². The van der Waals surface area contributed by atoms with E-state index < -0.39 is 0 Å². The molecule has 0 saturated heterocycles. The number of halogens is 2. The molecule has 82 valence electrons. The Morgan fingerprint density at radius 3 is 2.69 bits per heavy atom. The van der Waals surface area contributed by atoms with E-state index in [0.717, 1.165) is 17.3 Å². The van der Waals surface area contributed by atoms with Gasteiger partial charge in [0.05, 0.1) is 6.20 Å². The maximum Gasteiger partial charge on any atom is 0.142 e. The number of benzene rings is 1. The molecule has 2 nitrogen and oxygen atoms in total. The van der Waals surface area contributed by atoms with Crippen LogP contribution in [0.1, 0.15) is 5.56 Å². The summed E-state index contributed by atoms with van der Waals surface area (Å²) in [6.45, 7) is 0.432. The third-order valence-corrected chi connectivity index (χ3v) is 2.60. The van der Waals surface area contributed by atoms with Gasteiger partial charge >= 0.3 is 0 Å². The molecule has 0 aliphatic heterocycles. The van der Waals surface area contributed by atoms with Crippen molar-refractivity contribution in [1.82, 2.24) is 4.98 Å². The lowest BCUT2D eigenvalue weighted by molar-refractivity contribution is 0.622. The fourth-order valence-electron chi connectivity index (χ4n) is 1.48. The molecule has 0 aliphatic carbocycles. The molecule has 1 heterocycles. The molecule has 1 aromatic heterocycles. The quantitative estimate of drug-likeness (QED) is 0.871. The lowest BCUT2D eigenvalue weighted by Gasteiger charge is -2.06. The summed E-state index contributed by atoms with van der Waals surface area (Å²) in [5, 5.41) is 0.551. The molecule has 0 spiro atoms. The maximum absolute atomic E-state index is 13.0. The van der Waals surface area contributed by atoms with Crippen LogP contribution in [0.4, 0.5) is 4.39 Å². The van der Waals surface area contributed by atoms with Crippen molar-refractivity contribution in [2.75, 3.05) is 0 Å². The molecule has 0 saturated carbocycles. The number of nitrogens with zero attached hydrogens (tertiary/aromatic N) is 1. The fraction of sp³-hybridized carbons (Fsp3) is 0.0833. The smallest absolute Gasteiger partial charge is 0.142 e. The first-order chi connectivity index (χ1) is 7.70. The van der Waals surface area contributed by atoms with Gasteiger partial charge in [0.25, 0.3) is 0 Å². The Morgan fingerprint density at radius 2 is 2.06 bits per heavy atom. The molecule has 1 aromatic carbocycles. The van der Waals surface area contributed by atoms with E-state index in [1.165, 1.54) is 6.07 Å². The van der Waals surface area contributed by atoms with E-state index in [1.54, 1.807) is 12.3 Å². The topological polar surface area (TPSA) is 38.9 Å². The second-order valence-corrected chi connectivity index (χ2v) is 3.82. The number of aromatic nitrogens is 1. The molecule has 16 heavy (non-hydrogen) atoms. The van der Waals surface area contributed by atoms with Crippen molar-refractivity contribution < 1.29 is 4.39 Å². The number of nitrogens with two attached hydrogens (primary N) is 1. The van der Waals surface area contributed by atoms with Gasteiger partial charge < -0.3 is 5.73 Å².